The average Bonchev–Trinajstić information content (AvgIpc) is 2.99. The number of hydrogen-bond donors (Lipinski definition) is 1. The molecular weight excluding hydrogens is 265 g/mol. The van der Waals surface area contributed by atoms with Crippen LogP contribution in [0.25, 0.3) is 10.9 Å². The van der Waals surface area contributed by atoms with Crippen molar-refractivity contribution in [3.05, 3.63) is 37.2 Å². The largest absolute Gasteiger partial charge is 0.329 e. The minimum absolute atomic E-state index is 0.0168. The van der Waals surface area contributed by atoms with E-state index in [1.807, 2.05) is 0 Å². The normalized spacial score (nSPS) is 15.4. The van der Waals surface area contributed by atoms with Gasteiger partial charge in [0, 0.05) is 12.1 Å². The van der Waals surface area contributed by atoms with E-state index in [2.05, 4.69) is 9.97 Å². The summed E-state index contributed by atoms with van der Waals surface area (Å²) in [6.07, 6.45) is 1.83. The van der Waals surface area contributed by atoms with Gasteiger partial charge in [0.2, 0.25) is 0 Å². The number of rotatable bonds is 1. The van der Waals surface area contributed by atoms with Crippen LogP contribution in [0.15, 0.2) is 15.7 Å². The van der Waals surface area contributed by atoms with Crippen molar-refractivity contribution in [1.82, 2.24) is 14.5 Å². The summed E-state index contributed by atoms with van der Waals surface area (Å²) >= 11 is 11.7. The molecule has 1 saturated carbocycles. The summed E-state index contributed by atoms with van der Waals surface area (Å²) in [5, 5.41) is 0.396. The summed E-state index contributed by atoms with van der Waals surface area (Å²) in [6, 6.07) is 1.62. The van der Waals surface area contributed by atoms with E-state index in [4.69, 9.17) is 23.2 Å². The number of fused-ring (bicyclic) bond motifs is 1. The lowest BCUT2D eigenvalue weighted by Gasteiger charge is -2.08. The lowest BCUT2D eigenvalue weighted by atomic mass is 10.3. The van der Waals surface area contributed by atoms with Crippen molar-refractivity contribution in [3.8, 4) is 0 Å². The molecule has 2 heterocycles. The van der Waals surface area contributed by atoms with Gasteiger partial charge >= 0.3 is 5.69 Å². The first-order chi connectivity index (χ1) is 8.08. The van der Waals surface area contributed by atoms with Crippen LogP contribution in [0.5, 0.6) is 0 Å². The molecule has 0 amide bonds. The number of nitrogens with one attached hydrogen (secondary N) is 1. The van der Waals surface area contributed by atoms with E-state index in [0.29, 0.717) is 5.52 Å². The van der Waals surface area contributed by atoms with Gasteiger partial charge in [-0.3, -0.25) is 14.3 Å². The Labute approximate surface area is 105 Å². The molecule has 3 rings (SSSR count). The predicted molar refractivity (Wildman–Crippen MR) is 64.9 cm³/mol. The van der Waals surface area contributed by atoms with Gasteiger partial charge in [0.15, 0.2) is 0 Å². The van der Waals surface area contributed by atoms with Crippen LogP contribution in [0.4, 0.5) is 0 Å². The second-order valence-corrected chi connectivity index (χ2v) is 4.74. The fourth-order valence-electron chi connectivity index (χ4n) is 1.90. The van der Waals surface area contributed by atoms with E-state index in [9.17, 15) is 9.59 Å². The predicted octanol–water partition coefficient (Wildman–Crippen LogP) is 1.73. The second kappa shape index (κ2) is 3.58. The van der Waals surface area contributed by atoms with Gasteiger partial charge in [0.05, 0.1) is 5.52 Å². The van der Waals surface area contributed by atoms with Crippen LogP contribution >= 0.6 is 23.2 Å². The first kappa shape index (κ1) is 10.8. The molecule has 5 nitrogen and oxygen atoms in total. The number of pyridine rings is 1. The zero-order valence-electron chi connectivity index (χ0n) is 8.54. The van der Waals surface area contributed by atoms with Crippen LogP contribution in [0, 0.1) is 0 Å². The fraction of sp³-hybridized carbons (Fsp3) is 0.300. The second-order valence-electron chi connectivity index (χ2n) is 3.99. The molecule has 0 unspecified atom stereocenters. The summed E-state index contributed by atoms with van der Waals surface area (Å²) in [5.41, 5.74) is -0.509. The third kappa shape index (κ3) is 1.66. The molecule has 0 atom stereocenters. The lowest BCUT2D eigenvalue weighted by molar-refractivity contribution is 0.708. The molecule has 2 aromatic heterocycles. The van der Waals surface area contributed by atoms with Gasteiger partial charge < -0.3 is 0 Å². The first-order valence-corrected chi connectivity index (χ1v) is 5.84. The molecule has 0 saturated heterocycles. The third-order valence-corrected chi connectivity index (χ3v) is 3.23. The molecule has 17 heavy (non-hydrogen) atoms. The zero-order chi connectivity index (χ0) is 12.2. The van der Waals surface area contributed by atoms with Gasteiger partial charge in [-0.25, -0.2) is 9.78 Å². The van der Waals surface area contributed by atoms with Crippen LogP contribution in [-0.2, 0) is 0 Å². The Morgan fingerprint density at radius 2 is 2.06 bits per heavy atom. The van der Waals surface area contributed by atoms with Crippen molar-refractivity contribution in [2.45, 2.75) is 18.9 Å². The van der Waals surface area contributed by atoms with Gasteiger partial charge in [-0.1, -0.05) is 23.2 Å². The summed E-state index contributed by atoms with van der Waals surface area (Å²) in [5.74, 6) is 0. The van der Waals surface area contributed by atoms with Crippen molar-refractivity contribution in [1.29, 1.82) is 0 Å². The number of aromatic nitrogens is 3. The maximum atomic E-state index is 11.8. The van der Waals surface area contributed by atoms with Crippen LogP contribution in [0.2, 0.25) is 10.3 Å². The van der Waals surface area contributed by atoms with Crippen molar-refractivity contribution >= 4 is 34.1 Å². The number of halogens is 2. The van der Waals surface area contributed by atoms with E-state index >= 15 is 0 Å². The molecule has 1 fully saturated rings. The van der Waals surface area contributed by atoms with E-state index in [-0.39, 0.29) is 21.7 Å². The third-order valence-electron chi connectivity index (χ3n) is 2.76. The van der Waals surface area contributed by atoms with E-state index < -0.39 is 11.2 Å². The van der Waals surface area contributed by atoms with E-state index in [1.54, 1.807) is 0 Å². The van der Waals surface area contributed by atoms with Crippen LogP contribution in [0.1, 0.15) is 18.9 Å². The molecule has 1 N–H and O–H groups in total. The summed E-state index contributed by atoms with van der Waals surface area (Å²) in [4.78, 5) is 29.5. The molecule has 0 spiro atoms. The van der Waals surface area contributed by atoms with Gasteiger partial charge in [-0.2, -0.15) is 0 Å². The van der Waals surface area contributed by atoms with Crippen LogP contribution in [0.3, 0.4) is 0 Å². The molecule has 7 heteroatoms. The highest BCUT2D eigenvalue weighted by Crippen LogP contribution is 2.36. The molecule has 0 bridgehead atoms. The highest BCUT2D eigenvalue weighted by atomic mass is 35.5. The topological polar surface area (TPSA) is 67.8 Å². The van der Waals surface area contributed by atoms with Gasteiger partial charge in [-0.15, -0.1) is 0 Å². The Morgan fingerprint density at radius 1 is 1.35 bits per heavy atom. The summed E-state index contributed by atoms with van der Waals surface area (Å²) in [6.45, 7) is 0. The van der Waals surface area contributed by atoms with Gasteiger partial charge in [-0.05, 0) is 12.8 Å². The maximum absolute atomic E-state index is 11.8. The summed E-state index contributed by atoms with van der Waals surface area (Å²) in [7, 11) is 0. The Balaban J connectivity index is 2.55. The van der Waals surface area contributed by atoms with Crippen molar-refractivity contribution in [2.75, 3.05) is 0 Å². The Morgan fingerprint density at radius 3 is 2.71 bits per heavy atom. The highest BCUT2D eigenvalue weighted by Gasteiger charge is 2.27. The number of nitrogens with zero attached hydrogens (tertiary/aromatic N) is 2. The van der Waals surface area contributed by atoms with Crippen molar-refractivity contribution < 1.29 is 0 Å². The Bertz CT molecular complexity index is 731. The van der Waals surface area contributed by atoms with Crippen LogP contribution < -0.4 is 11.2 Å². The molecule has 2 aromatic rings. The molecule has 1 aliphatic carbocycles. The minimum atomic E-state index is -0.531. The quantitative estimate of drug-likeness (QED) is 0.804. The zero-order valence-corrected chi connectivity index (χ0v) is 10.0. The van der Waals surface area contributed by atoms with Crippen LogP contribution in [-0.4, -0.2) is 14.5 Å². The van der Waals surface area contributed by atoms with E-state index in [0.717, 1.165) is 12.8 Å². The molecule has 88 valence electrons. The Kier molecular flexibility index (Phi) is 2.27. The monoisotopic (exact) mass is 271 g/mol. The standard InChI is InChI=1S/C10H7Cl2N3O2/c11-6-3-5-7(8(12)13-6)9(16)14-10(17)15(5)4-1-2-4/h3-4H,1-2H2,(H,14,16,17). The van der Waals surface area contributed by atoms with E-state index in [1.165, 1.54) is 10.6 Å². The molecule has 0 radical (unpaired) electrons. The minimum Gasteiger partial charge on any atom is -0.290 e. The molecular formula is C10H7Cl2N3O2. The number of hydrogen-bond acceptors (Lipinski definition) is 3. The van der Waals surface area contributed by atoms with Crippen molar-refractivity contribution in [2.24, 2.45) is 0 Å². The SMILES string of the molecule is O=c1[nH]c(=O)n(C2CC2)c2cc(Cl)nc(Cl)c12. The lowest BCUT2D eigenvalue weighted by Crippen LogP contribution is -2.30. The first-order valence-electron chi connectivity index (χ1n) is 5.08. The number of H-pyrrole nitrogens is 1. The van der Waals surface area contributed by atoms with Gasteiger partial charge in [0.25, 0.3) is 5.56 Å². The summed E-state index contributed by atoms with van der Waals surface area (Å²) < 4.78 is 1.52. The smallest absolute Gasteiger partial charge is 0.290 e. The Hall–Kier alpha value is -1.33. The molecule has 0 aromatic carbocycles. The maximum Gasteiger partial charge on any atom is 0.329 e. The molecule has 1 aliphatic rings. The highest BCUT2D eigenvalue weighted by molar-refractivity contribution is 6.36. The average molecular weight is 272 g/mol. The number of aromatic amines is 1. The van der Waals surface area contributed by atoms with Gasteiger partial charge in [0.1, 0.15) is 15.7 Å². The van der Waals surface area contributed by atoms with Crippen molar-refractivity contribution in [3.63, 3.8) is 0 Å². The molecule has 0 aliphatic heterocycles. The fourth-order valence-corrected chi connectivity index (χ4v) is 2.40.